The maximum absolute atomic E-state index is 12.5. The second-order valence-electron chi connectivity index (χ2n) is 18.9. The van der Waals surface area contributed by atoms with Crippen LogP contribution >= 0.6 is 0 Å². The lowest BCUT2D eigenvalue weighted by atomic mass is 9.70. The maximum Gasteiger partial charge on any atom is 0.305 e. The highest BCUT2D eigenvalue weighted by Crippen LogP contribution is 2.20. The molecule has 1 N–H and O–H groups in total. The van der Waals surface area contributed by atoms with E-state index in [2.05, 4.69) is 37.9 Å². The van der Waals surface area contributed by atoms with Crippen molar-refractivity contribution in [1.29, 1.82) is 0 Å². The fraction of sp³-hybridized carbons (Fsp3) is 0.962. The summed E-state index contributed by atoms with van der Waals surface area (Å²) in [7, 11) is 1.35. The van der Waals surface area contributed by atoms with E-state index in [4.69, 9.17) is 18.9 Å². The third-order valence-corrected chi connectivity index (χ3v) is 12.8. The van der Waals surface area contributed by atoms with Crippen LogP contribution in [0.15, 0.2) is 0 Å². The van der Waals surface area contributed by atoms with Crippen molar-refractivity contribution in [2.75, 3.05) is 65.8 Å². The molecule has 9 heteroatoms. The Morgan fingerprint density at radius 3 is 1.52 bits per heavy atom. The molecule has 0 radical (unpaired) electrons. The molecule has 1 heterocycles. The standard InChI is InChI=1S/C52H103BN2O6/c1-5-9-12-20-33-48(31-10-6-2)44-60-51(56)35-22-15-13-17-29-42-58-46-50(54-38-25-26-39-55-40-27-28-41-55)47-59-43-30-18-14-16-23-36-52(57)61-45-49(32-11-7-3)34-21-19-24-37-53-8-4/h48-50,53-54H,5-47H2,1-4H3. The lowest BCUT2D eigenvalue weighted by Gasteiger charge is -2.20. The third-order valence-electron chi connectivity index (χ3n) is 12.8. The average molecular weight is 863 g/mol. The third kappa shape index (κ3) is 39.0. The van der Waals surface area contributed by atoms with Gasteiger partial charge in [-0.15, -0.1) is 0 Å². The minimum atomic E-state index is -0.0101. The summed E-state index contributed by atoms with van der Waals surface area (Å²) in [5, 5.41) is 3.74. The lowest BCUT2D eigenvalue weighted by Crippen LogP contribution is -2.38. The predicted octanol–water partition coefficient (Wildman–Crippen LogP) is 13.1. The van der Waals surface area contributed by atoms with Crippen LogP contribution in [0.25, 0.3) is 0 Å². The average Bonchev–Trinajstić information content (AvgIpc) is 3.79. The topological polar surface area (TPSA) is 86.3 Å². The number of unbranched alkanes of at least 4 members (excludes halogenated alkanes) is 16. The summed E-state index contributed by atoms with van der Waals surface area (Å²) in [6.07, 6.45) is 38.2. The quantitative estimate of drug-likeness (QED) is 0.0368. The molecule has 1 fully saturated rings. The molecule has 0 aliphatic carbocycles. The molecule has 61 heavy (non-hydrogen) atoms. The predicted molar refractivity (Wildman–Crippen MR) is 261 cm³/mol. The lowest BCUT2D eigenvalue weighted by molar-refractivity contribution is -0.146. The number of carbonyl (C=O) groups excluding carboxylic acids is 2. The second kappa shape index (κ2) is 45.4. The Morgan fingerprint density at radius 1 is 0.525 bits per heavy atom. The van der Waals surface area contributed by atoms with Crippen molar-refractivity contribution in [3.63, 3.8) is 0 Å². The molecule has 3 atom stereocenters. The molecule has 1 saturated heterocycles. The Labute approximate surface area is 379 Å². The van der Waals surface area contributed by atoms with Crippen LogP contribution in [0.5, 0.6) is 0 Å². The van der Waals surface area contributed by atoms with Crippen LogP contribution in [0.2, 0.25) is 12.6 Å². The molecule has 0 spiro atoms. The smallest absolute Gasteiger partial charge is 0.305 e. The molecule has 0 bridgehead atoms. The number of carbonyl (C=O) groups is 2. The van der Waals surface area contributed by atoms with Crippen molar-refractivity contribution in [1.82, 2.24) is 10.2 Å². The van der Waals surface area contributed by atoms with E-state index in [9.17, 15) is 9.59 Å². The number of hydrogen-bond acceptors (Lipinski definition) is 8. The largest absolute Gasteiger partial charge is 0.465 e. The van der Waals surface area contributed by atoms with E-state index < -0.39 is 0 Å². The van der Waals surface area contributed by atoms with Crippen molar-refractivity contribution in [2.24, 2.45) is 11.8 Å². The van der Waals surface area contributed by atoms with Gasteiger partial charge in [0.15, 0.2) is 0 Å². The van der Waals surface area contributed by atoms with Crippen molar-refractivity contribution < 1.29 is 28.5 Å². The summed E-state index contributed by atoms with van der Waals surface area (Å²) in [5.41, 5.74) is 0. The van der Waals surface area contributed by atoms with Crippen molar-refractivity contribution >= 4 is 19.2 Å². The zero-order valence-electron chi connectivity index (χ0n) is 41.2. The normalized spacial score (nSPS) is 14.6. The number of esters is 2. The summed E-state index contributed by atoms with van der Waals surface area (Å²) in [4.78, 5) is 27.5. The van der Waals surface area contributed by atoms with Crippen LogP contribution in [-0.2, 0) is 28.5 Å². The molecule has 1 rings (SSSR count). The Morgan fingerprint density at radius 2 is 1.00 bits per heavy atom. The van der Waals surface area contributed by atoms with Gasteiger partial charge in [-0.25, -0.2) is 0 Å². The van der Waals surface area contributed by atoms with Gasteiger partial charge in [0, 0.05) is 26.1 Å². The first-order valence-corrected chi connectivity index (χ1v) is 26.9. The zero-order chi connectivity index (χ0) is 44.1. The van der Waals surface area contributed by atoms with E-state index >= 15 is 0 Å². The van der Waals surface area contributed by atoms with Gasteiger partial charge in [-0.05, 0) is 115 Å². The van der Waals surface area contributed by atoms with Gasteiger partial charge in [-0.1, -0.05) is 149 Å². The molecule has 1 aliphatic heterocycles. The van der Waals surface area contributed by atoms with Crippen molar-refractivity contribution in [2.45, 2.75) is 245 Å². The summed E-state index contributed by atoms with van der Waals surface area (Å²) in [5.74, 6) is 1.05. The molecule has 8 nitrogen and oxygen atoms in total. The summed E-state index contributed by atoms with van der Waals surface area (Å²) >= 11 is 0. The molecule has 3 unspecified atom stereocenters. The van der Waals surface area contributed by atoms with Gasteiger partial charge in [0.2, 0.25) is 0 Å². The molecular weight excluding hydrogens is 759 g/mol. The highest BCUT2D eigenvalue weighted by Gasteiger charge is 2.15. The van der Waals surface area contributed by atoms with Gasteiger partial charge in [-0.3, -0.25) is 9.59 Å². The number of nitrogens with one attached hydrogen (secondary N) is 1. The van der Waals surface area contributed by atoms with Crippen molar-refractivity contribution in [3.8, 4) is 0 Å². The van der Waals surface area contributed by atoms with Crippen LogP contribution in [0, 0.1) is 11.8 Å². The van der Waals surface area contributed by atoms with Gasteiger partial charge < -0.3 is 29.2 Å². The number of ether oxygens (including phenoxy) is 4. The Hall–Kier alpha value is -1.16. The minimum Gasteiger partial charge on any atom is -0.465 e. The maximum atomic E-state index is 12.5. The molecule has 0 saturated carbocycles. The van der Waals surface area contributed by atoms with Gasteiger partial charge >= 0.3 is 11.9 Å². The zero-order valence-corrected chi connectivity index (χ0v) is 41.2. The van der Waals surface area contributed by atoms with Crippen LogP contribution in [0.4, 0.5) is 0 Å². The highest BCUT2D eigenvalue weighted by molar-refractivity contribution is 6.35. The molecule has 0 amide bonds. The molecule has 0 aromatic rings. The van der Waals surface area contributed by atoms with Crippen molar-refractivity contribution in [3.05, 3.63) is 0 Å². The monoisotopic (exact) mass is 863 g/mol. The highest BCUT2D eigenvalue weighted by atomic mass is 16.5. The number of likely N-dealkylation sites (tertiary alicyclic amines) is 1. The number of nitrogens with zero attached hydrogens (tertiary/aromatic N) is 1. The van der Waals surface area contributed by atoms with E-state index in [-0.39, 0.29) is 18.0 Å². The first kappa shape index (κ1) is 57.9. The fourth-order valence-electron chi connectivity index (χ4n) is 8.64. The second-order valence-corrected chi connectivity index (χ2v) is 18.9. The minimum absolute atomic E-state index is 0.00643. The molecule has 1 aliphatic rings. The van der Waals surface area contributed by atoms with E-state index in [1.54, 1.807) is 0 Å². The summed E-state index contributed by atoms with van der Waals surface area (Å²) in [6, 6.07) is 0.217. The van der Waals surface area contributed by atoms with E-state index in [1.807, 2.05) is 0 Å². The molecular formula is C52H103BN2O6. The van der Waals surface area contributed by atoms with Gasteiger partial charge in [0.05, 0.1) is 32.5 Å². The van der Waals surface area contributed by atoms with E-state index in [0.717, 1.165) is 84.0 Å². The SMILES string of the molecule is CCBCCCCCC(CCCC)COC(=O)CCCCCCCOCC(COCCCCCCCC(=O)OCC(CCCC)CCCCCC)NCCCCN1CCCC1. The van der Waals surface area contributed by atoms with Crippen LogP contribution in [0.3, 0.4) is 0 Å². The van der Waals surface area contributed by atoms with Crippen LogP contribution in [0.1, 0.15) is 227 Å². The van der Waals surface area contributed by atoms with Crippen LogP contribution in [-0.4, -0.2) is 96.0 Å². The Bertz CT molecular complexity index is 938. The van der Waals surface area contributed by atoms with Gasteiger partial charge in [0.25, 0.3) is 0 Å². The van der Waals surface area contributed by atoms with Crippen LogP contribution < -0.4 is 5.32 Å². The Balaban J connectivity index is 2.20. The first-order chi connectivity index (χ1) is 30.0. The van der Waals surface area contributed by atoms with Gasteiger partial charge in [0.1, 0.15) is 7.28 Å². The summed E-state index contributed by atoms with van der Waals surface area (Å²) in [6.45, 7) is 17.9. The summed E-state index contributed by atoms with van der Waals surface area (Å²) < 4.78 is 23.8. The van der Waals surface area contributed by atoms with E-state index in [0.29, 0.717) is 51.1 Å². The molecule has 0 aromatic heterocycles. The number of rotatable bonds is 48. The molecule has 0 aromatic carbocycles. The first-order valence-electron chi connectivity index (χ1n) is 26.9. The fourth-order valence-corrected chi connectivity index (χ4v) is 8.64. The Kier molecular flexibility index (Phi) is 43.1. The van der Waals surface area contributed by atoms with Gasteiger partial charge in [-0.2, -0.15) is 0 Å². The van der Waals surface area contributed by atoms with E-state index in [1.165, 1.54) is 162 Å². The number of hydrogen-bond donors (Lipinski definition) is 1. The molecule has 360 valence electrons.